The van der Waals surface area contributed by atoms with Crippen LogP contribution in [-0.4, -0.2) is 21.2 Å². The van der Waals surface area contributed by atoms with Gasteiger partial charge in [-0.15, -0.1) is 0 Å². The third-order valence-electron chi connectivity index (χ3n) is 3.27. The summed E-state index contributed by atoms with van der Waals surface area (Å²) in [6.45, 7) is 1.74. The van der Waals surface area contributed by atoms with Crippen LogP contribution in [-0.2, 0) is 13.1 Å². The molecule has 0 aromatic heterocycles. The molecule has 0 aliphatic heterocycles. The van der Waals surface area contributed by atoms with Crippen LogP contribution in [0.4, 0.5) is 5.69 Å². The molecule has 0 saturated carbocycles. The number of anilines is 1. The summed E-state index contributed by atoms with van der Waals surface area (Å²) in [4.78, 5) is 2.11. The second kappa shape index (κ2) is 8.55. The molecule has 0 unspecified atom stereocenters. The molecule has 0 saturated heterocycles. The molecule has 21 heavy (non-hydrogen) atoms. The topological polar surface area (TPSA) is 24.5 Å². The molecule has 0 amide bonds. The van der Waals surface area contributed by atoms with Crippen molar-refractivity contribution < 1.29 is 17.1 Å². The van der Waals surface area contributed by atoms with Gasteiger partial charge in [0.15, 0.2) is 0 Å². The van der Waals surface area contributed by atoms with E-state index in [4.69, 9.17) is 4.74 Å². The Bertz CT molecular complexity index is 523. The van der Waals surface area contributed by atoms with Crippen LogP contribution in [0.1, 0.15) is 11.1 Å². The summed E-state index contributed by atoms with van der Waals surface area (Å²) in [6.07, 6.45) is 0. The number of benzene rings is 2. The Morgan fingerprint density at radius 3 is 1.76 bits per heavy atom. The van der Waals surface area contributed by atoms with Gasteiger partial charge in [-0.25, -0.2) is 0 Å². The summed E-state index contributed by atoms with van der Waals surface area (Å²) < 4.78 is 5.15. The monoisotopic (exact) mass is 305 g/mol. The van der Waals surface area contributed by atoms with E-state index in [1.165, 1.54) is 16.8 Å². The van der Waals surface area contributed by atoms with Gasteiger partial charge < -0.3 is 27.4 Å². The lowest BCUT2D eigenvalue weighted by atomic mass is 10.2. The molecule has 0 bridgehead atoms. The molecule has 1 N–H and O–H groups in total. The maximum atomic E-state index is 5.15. The van der Waals surface area contributed by atoms with Crippen molar-refractivity contribution in [3.63, 3.8) is 0 Å². The highest BCUT2D eigenvalue weighted by Crippen LogP contribution is 2.13. The Kier molecular flexibility index (Phi) is 7.06. The Hall–Kier alpha value is -1.71. The zero-order valence-corrected chi connectivity index (χ0v) is 13.5. The van der Waals surface area contributed by atoms with Gasteiger partial charge in [0.2, 0.25) is 0 Å². The lowest BCUT2D eigenvalue weighted by molar-refractivity contribution is -0.00000450. The summed E-state index contributed by atoms with van der Waals surface area (Å²) >= 11 is 0. The Morgan fingerprint density at radius 2 is 1.33 bits per heavy atom. The maximum absolute atomic E-state index is 5.15. The van der Waals surface area contributed by atoms with Crippen molar-refractivity contribution in [2.75, 3.05) is 26.1 Å². The van der Waals surface area contributed by atoms with Crippen molar-refractivity contribution >= 4 is 5.69 Å². The van der Waals surface area contributed by atoms with E-state index in [9.17, 15) is 0 Å². The van der Waals surface area contributed by atoms with Crippen LogP contribution < -0.4 is 27.4 Å². The van der Waals surface area contributed by atoms with Gasteiger partial charge in [-0.2, -0.15) is 0 Å². The normalized spacial score (nSPS) is 9.86. The number of nitrogens with one attached hydrogen (secondary N) is 1. The van der Waals surface area contributed by atoms with E-state index in [1.807, 2.05) is 12.1 Å². The summed E-state index contributed by atoms with van der Waals surface area (Å²) in [5.74, 6) is 0.896. The quantitative estimate of drug-likeness (QED) is 0.816. The average Bonchev–Trinajstić information content (AvgIpc) is 2.48. The van der Waals surface area contributed by atoms with Crippen molar-refractivity contribution in [3.05, 3.63) is 59.7 Å². The van der Waals surface area contributed by atoms with Crippen molar-refractivity contribution in [1.29, 1.82) is 0 Å². The molecule has 0 heterocycles. The first-order chi connectivity index (χ1) is 9.69. The lowest BCUT2D eigenvalue weighted by Gasteiger charge is -2.13. The second-order valence-electron chi connectivity index (χ2n) is 5.01. The molecule has 0 atom stereocenters. The molecule has 2 rings (SSSR count). The molecule has 0 fully saturated rings. The van der Waals surface area contributed by atoms with Gasteiger partial charge in [0, 0.05) is 32.9 Å². The molecular weight excluding hydrogens is 284 g/mol. The molecule has 3 nitrogen and oxygen atoms in total. The average molecular weight is 306 g/mol. The first-order valence-corrected chi connectivity index (χ1v) is 6.79. The zero-order chi connectivity index (χ0) is 14.4. The Balaban J connectivity index is 0.00000220. The second-order valence-corrected chi connectivity index (χ2v) is 5.01. The van der Waals surface area contributed by atoms with Gasteiger partial charge in [0.05, 0.1) is 7.11 Å². The Labute approximate surface area is 133 Å². The zero-order valence-electron chi connectivity index (χ0n) is 12.8. The highest BCUT2D eigenvalue weighted by molar-refractivity contribution is 5.45. The summed E-state index contributed by atoms with van der Waals surface area (Å²) in [5, 5.41) is 3.45. The van der Waals surface area contributed by atoms with E-state index in [-0.39, 0.29) is 12.4 Å². The van der Waals surface area contributed by atoms with E-state index in [0.717, 1.165) is 18.8 Å². The minimum atomic E-state index is 0. The number of hydrogen-bond acceptors (Lipinski definition) is 3. The largest absolute Gasteiger partial charge is 1.00 e. The predicted molar refractivity (Wildman–Crippen MR) is 84.3 cm³/mol. The van der Waals surface area contributed by atoms with Crippen molar-refractivity contribution in [2.24, 2.45) is 0 Å². The first kappa shape index (κ1) is 17.3. The van der Waals surface area contributed by atoms with Gasteiger partial charge >= 0.3 is 0 Å². The van der Waals surface area contributed by atoms with Gasteiger partial charge in [0.25, 0.3) is 0 Å². The fraction of sp³-hybridized carbons (Fsp3) is 0.294. The first-order valence-electron chi connectivity index (χ1n) is 6.79. The van der Waals surface area contributed by atoms with E-state index in [1.54, 1.807) is 7.11 Å². The fourth-order valence-electron chi connectivity index (χ4n) is 2.01. The third-order valence-corrected chi connectivity index (χ3v) is 3.27. The number of hydrogen-bond donors (Lipinski definition) is 1. The van der Waals surface area contributed by atoms with Crippen LogP contribution in [0, 0.1) is 0 Å². The van der Waals surface area contributed by atoms with Crippen molar-refractivity contribution in [3.8, 4) is 5.75 Å². The van der Waals surface area contributed by atoms with E-state index in [0.29, 0.717) is 0 Å². The minimum absolute atomic E-state index is 0. The predicted octanol–water partition coefficient (Wildman–Crippen LogP) is 0.0550. The summed E-state index contributed by atoms with van der Waals surface area (Å²) in [6, 6.07) is 16.8. The number of methoxy groups -OCH3 is 1. The smallest absolute Gasteiger partial charge is 0.118 e. The Morgan fingerprint density at radius 1 is 0.857 bits per heavy atom. The molecule has 0 aliphatic carbocycles. The van der Waals surface area contributed by atoms with Crippen LogP contribution in [0.15, 0.2) is 48.5 Å². The van der Waals surface area contributed by atoms with Gasteiger partial charge in [0.1, 0.15) is 5.75 Å². The number of rotatable bonds is 6. The lowest BCUT2D eigenvalue weighted by Crippen LogP contribution is -3.00. The highest BCUT2D eigenvalue weighted by Gasteiger charge is 1.97. The molecular formula is C17H22ClN2O-. The van der Waals surface area contributed by atoms with Crippen LogP contribution in [0.2, 0.25) is 0 Å². The van der Waals surface area contributed by atoms with Crippen molar-refractivity contribution in [1.82, 2.24) is 5.32 Å². The molecule has 0 spiro atoms. The van der Waals surface area contributed by atoms with Crippen LogP contribution in [0.3, 0.4) is 0 Å². The SMILES string of the molecule is COc1ccc(CNCc2ccc(N(C)C)cc2)cc1.[Cl-]. The molecule has 4 heteroatoms. The molecule has 0 aliphatic rings. The third kappa shape index (κ3) is 5.29. The summed E-state index contributed by atoms with van der Waals surface area (Å²) in [7, 11) is 5.79. The molecule has 114 valence electrons. The molecule has 2 aromatic carbocycles. The molecule has 2 aromatic rings. The number of halogens is 1. The number of ether oxygens (including phenoxy) is 1. The standard InChI is InChI=1S/C17H22N2O.ClH/c1-19(2)16-8-4-14(5-9-16)12-18-13-15-6-10-17(20-3)11-7-15;/h4-11,18H,12-13H2,1-3H3;1H/p-1. The van der Waals surface area contributed by atoms with Crippen LogP contribution in [0.5, 0.6) is 5.75 Å². The highest BCUT2D eigenvalue weighted by atomic mass is 35.5. The maximum Gasteiger partial charge on any atom is 0.118 e. The van der Waals surface area contributed by atoms with Crippen LogP contribution >= 0.6 is 0 Å². The van der Waals surface area contributed by atoms with Gasteiger partial charge in [-0.1, -0.05) is 24.3 Å². The number of nitrogens with zero attached hydrogens (tertiary/aromatic N) is 1. The van der Waals surface area contributed by atoms with E-state index >= 15 is 0 Å². The van der Waals surface area contributed by atoms with E-state index < -0.39 is 0 Å². The van der Waals surface area contributed by atoms with Gasteiger partial charge in [-0.3, -0.25) is 0 Å². The van der Waals surface area contributed by atoms with Crippen molar-refractivity contribution in [2.45, 2.75) is 13.1 Å². The minimum Gasteiger partial charge on any atom is -1.00 e. The van der Waals surface area contributed by atoms with E-state index in [2.05, 4.69) is 60.7 Å². The summed E-state index contributed by atoms with van der Waals surface area (Å²) in [5.41, 5.74) is 3.78. The van der Waals surface area contributed by atoms with Crippen LogP contribution in [0.25, 0.3) is 0 Å². The van der Waals surface area contributed by atoms with Gasteiger partial charge in [-0.05, 0) is 35.4 Å². The fourth-order valence-corrected chi connectivity index (χ4v) is 2.01. The molecule has 0 radical (unpaired) electrons.